The zero-order valence-electron chi connectivity index (χ0n) is 31.5. The summed E-state index contributed by atoms with van der Waals surface area (Å²) in [6.45, 7) is 4.81. The van der Waals surface area contributed by atoms with E-state index in [-0.39, 0.29) is 36.3 Å². The molecule has 0 aliphatic rings. The van der Waals surface area contributed by atoms with E-state index >= 15 is 0 Å². The van der Waals surface area contributed by atoms with Crippen molar-refractivity contribution in [3.05, 3.63) is 174 Å². The van der Waals surface area contributed by atoms with E-state index in [1.54, 1.807) is 12.1 Å². The molecule has 0 saturated heterocycles. The molecule has 1 heterocycles. The van der Waals surface area contributed by atoms with Gasteiger partial charge in [0.2, 0.25) is 0 Å². The minimum absolute atomic E-state index is 0.0850. The number of aliphatic hydroxyl groups excluding tert-OH is 1. The molecule has 0 aliphatic heterocycles. The van der Waals surface area contributed by atoms with Crippen molar-refractivity contribution in [3.63, 3.8) is 0 Å². The van der Waals surface area contributed by atoms with Gasteiger partial charge in [-0.25, -0.2) is 4.39 Å². The summed E-state index contributed by atoms with van der Waals surface area (Å²) in [4.78, 5) is 27.7. The number of aromatic nitrogens is 1. The summed E-state index contributed by atoms with van der Waals surface area (Å²) in [5, 5.41) is 14.8. The van der Waals surface area contributed by atoms with Gasteiger partial charge in [0.25, 0.3) is 5.91 Å². The van der Waals surface area contributed by atoms with Crippen molar-refractivity contribution in [2.45, 2.75) is 77.2 Å². The number of para-hydroxylation sites is 1. The van der Waals surface area contributed by atoms with Gasteiger partial charge in [0.15, 0.2) is 0 Å². The average molecular weight is 737 g/mol. The molecule has 0 spiro atoms. The smallest absolute Gasteiger partial charge is 0.258 e. The first-order valence-corrected chi connectivity index (χ1v) is 19.1. The number of nitrogens with one attached hydrogen (secondary N) is 1. The molecule has 6 aromatic rings. The third kappa shape index (κ3) is 10.5. The molecule has 55 heavy (non-hydrogen) atoms. The average Bonchev–Trinajstić information content (AvgIpc) is 3.56. The van der Waals surface area contributed by atoms with Crippen LogP contribution in [0.1, 0.15) is 72.6 Å². The fourth-order valence-corrected chi connectivity index (χ4v) is 7.19. The first-order valence-electron chi connectivity index (χ1n) is 19.1. The normalized spacial score (nSPS) is 12.4. The Balaban J connectivity index is 1.32. The van der Waals surface area contributed by atoms with Crippen LogP contribution in [0.5, 0.6) is 0 Å². The van der Waals surface area contributed by atoms with E-state index in [0.29, 0.717) is 43.7 Å². The van der Waals surface area contributed by atoms with Gasteiger partial charge in [0.1, 0.15) is 11.6 Å². The van der Waals surface area contributed by atoms with Gasteiger partial charge in [0.05, 0.1) is 30.1 Å². The van der Waals surface area contributed by atoms with E-state index in [2.05, 4.69) is 23.7 Å². The largest absolute Gasteiger partial charge is 0.393 e. The second kappa shape index (κ2) is 19.1. The molecule has 6 rings (SSSR count). The van der Waals surface area contributed by atoms with Crippen LogP contribution < -0.4 is 5.32 Å². The lowest BCUT2D eigenvalue weighted by Crippen LogP contribution is -2.25. The van der Waals surface area contributed by atoms with E-state index in [1.165, 1.54) is 12.1 Å². The quantitative estimate of drug-likeness (QED) is 0.0921. The molecule has 1 aromatic heterocycles. The van der Waals surface area contributed by atoms with Crippen molar-refractivity contribution >= 4 is 17.4 Å². The Morgan fingerprint density at radius 3 is 1.95 bits per heavy atom. The first kappa shape index (κ1) is 39.1. The summed E-state index contributed by atoms with van der Waals surface area (Å²) in [6.07, 6.45) is 0.532. The summed E-state index contributed by atoms with van der Waals surface area (Å²) < 4.78 is 22.8. The first-order chi connectivity index (χ1) is 26.8. The number of benzene rings is 5. The van der Waals surface area contributed by atoms with Crippen LogP contribution in [0.25, 0.3) is 22.4 Å². The van der Waals surface area contributed by atoms with Gasteiger partial charge in [-0.3, -0.25) is 9.59 Å². The summed E-state index contributed by atoms with van der Waals surface area (Å²) in [6, 6.07) is 45.2. The Bertz CT molecular complexity index is 2120. The van der Waals surface area contributed by atoms with E-state index in [9.17, 15) is 19.1 Å². The molecular formula is C48H49FN2O4. The third-order valence-corrected chi connectivity index (χ3v) is 9.83. The Hall–Kier alpha value is -5.63. The molecule has 0 radical (unpaired) electrons. The third-order valence-electron chi connectivity index (χ3n) is 9.83. The Labute approximate surface area is 323 Å². The molecule has 0 bridgehead atoms. The maximum absolute atomic E-state index is 14.4. The fourth-order valence-electron chi connectivity index (χ4n) is 7.19. The molecule has 6 nitrogen and oxygen atoms in total. The highest BCUT2D eigenvalue weighted by atomic mass is 19.1. The van der Waals surface area contributed by atoms with Gasteiger partial charge in [-0.05, 0) is 77.4 Å². The second-order valence-corrected chi connectivity index (χ2v) is 14.3. The number of rotatable bonds is 18. The number of carbonyl (C=O) groups is 2. The highest BCUT2D eigenvalue weighted by Gasteiger charge is 2.31. The topological polar surface area (TPSA) is 80.6 Å². The maximum atomic E-state index is 14.4. The zero-order chi connectivity index (χ0) is 38.6. The van der Waals surface area contributed by atoms with E-state index in [1.807, 2.05) is 121 Å². The van der Waals surface area contributed by atoms with Crippen molar-refractivity contribution in [1.29, 1.82) is 0 Å². The Kier molecular flexibility index (Phi) is 13.6. The number of hydrogen-bond acceptors (Lipinski definition) is 4. The van der Waals surface area contributed by atoms with Crippen LogP contribution in [-0.2, 0) is 29.1 Å². The minimum Gasteiger partial charge on any atom is -0.393 e. The lowest BCUT2D eigenvalue weighted by Gasteiger charge is -2.23. The number of hydrogen-bond donors (Lipinski definition) is 2. The van der Waals surface area contributed by atoms with E-state index in [4.69, 9.17) is 4.74 Å². The van der Waals surface area contributed by atoms with Gasteiger partial charge < -0.3 is 19.7 Å². The van der Waals surface area contributed by atoms with Crippen molar-refractivity contribution in [2.24, 2.45) is 0 Å². The molecule has 0 aliphatic carbocycles. The molecule has 282 valence electrons. The SMILES string of the molecule is CC(C)c1c(C(=O)Nc2ccccc2)c(-c2ccccc2)c(-c2ccc(F)cc2)n1CC[C@@H](O)C[C@H](CC(=O)CCc1ccccc1)OCc1ccccc1. The standard InChI is InChI=1S/C48H49FN2O4/c1-34(2)46-45(48(54)50-40-21-13-6-14-22-40)44(37-19-11-5-12-20-37)47(38-24-26-39(49)27-25-38)51(46)30-29-42(53)32-43(55-33-36-17-9-4-10-18-36)31-41(52)28-23-35-15-7-3-8-16-35/h3-22,24-27,34,42-43,53H,23,28-33H2,1-2H3,(H,50,54)/t42-,43+/m1/s1. The second-order valence-electron chi connectivity index (χ2n) is 14.3. The molecule has 0 saturated carbocycles. The Morgan fingerprint density at radius 2 is 1.33 bits per heavy atom. The molecule has 0 unspecified atom stereocenters. The fraction of sp³-hybridized carbons (Fsp3) is 0.250. The predicted molar refractivity (Wildman–Crippen MR) is 218 cm³/mol. The highest BCUT2D eigenvalue weighted by Crippen LogP contribution is 2.42. The van der Waals surface area contributed by atoms with Gasteiger partial charge in [-0.2, -0.15) is 0 Å². The van der Waals surface area contributed by atoms with Crippen LogP contribution in [0.2, 0.25) is 0 Å². The van der Waals surface area contributed by atoms with E-state index < -0.39 is 12.2 Å². The minimum atomic E-state index is -0.812. The van der Waals surface area contributed by atoms with Gasteiger partial charge in [0, 0.05) is 42.8 Å². The maximum Gasteiger partial charge on any atom is 0.258 e. The van der Waals surface area contributed by atoms with Crippen molar-refractivity contribution in [2.75, 3.05) is 5.32 Å². The lowest BCUT2D eigenvalue weighted by atomic mass is 9.94. The molecule has 2 N–H and O–H groups in total. The summed E-state index contributed by atoms with van der Waals surface area (Å²) >= 11 is 0. The number of aliphatic hydroxyl groups is 1. The Morgan fingerprint density at radius 1 is 0.745 bits per heavy atom. The van der Waals surface area contributed by atoms with Crippen molar-refractivity contribution < 1.29 is 23.8 Å². The number of amides is 1. The number of ketones is 1. The number of aryl methyl sites for hydroxylation is 1. The summed E-state index contributed by atoms with van der Waals surface area (Å²) in [5.74, 6) is -0.611. The number of halogens is 1. The molecule has 7 heteroatoms. The number of Topliss-reactive ketones (excluding diaryl/α,β-unsaturated/α-hetero) is 1. The number of nitrogens with zero attached hydrogens (tertiary/aromatic N) is 1. The van der Waals surface area contributed by atoms with Crippen LogP contribution in [0.3, 0.4) is 0 Å². The van der Waals surface area contributed by atoms with Crippen LogP contribution in [0, 0.1) is 5.82 Å². The molecule has 0 fully saturated rings. The number of anilines is 1. The lowest BCUT2D eigenvalue weighted by molar-refractivity contribution is -0.122. The van der Waals surface area contributed by atoms with Gasteiger partial charge >= 0.3 is 0 Å². The number of ether oxygens (including phenoxy) is 1. The van der Waals surface area contributed by atoms with Crippen molar-refractivity contribution in [3.8, 4) is 22.4 Å². The van der Waals surface area contributed by atoms with E-state index in [0.717, 1.165) is 39.2 Å². The summed E-state index contributed by atoms with van der Waals surface area (Å²) in [7, 11) is 0. The van der Waals surface area contributed by atoms with Crippen molar-refractivity contribution in [1.82, 2.24) is 4.57 Å². The van der Waals surface area contributed by atoms with Crippen LogP contribution in [0.4, 0.5) is 10.1 Å². The molecular weight excluding hydrogens is 688 g/mol. The van der Waals surface area contributed by atoms with Crippen LogP contribution in [-0.4, -0.2) is 33.6 Å². The molecule has 2 atom stereocenters. The van der Waals surface area contributed by atoms with Crippen LogP contribution in [0.15, 0.2) is 146 Å². The molecule has 1 amide bonds. The highest BCUT2D eigenvalue weighted by molar-refractivity contribution is 6.12. The predicted octanol–water partition coefficient (Wildman–Crippen LogP) is 10.7. The molecule has 5 aromatic carbocycles. The monoisotopic (exact) mass is 736 g/mol. The number of carbonyl (C=O) groups excluding carboxylic acids is 2. The van der Waals surface area contributed by atoms with Crippen LogP contribution >= 0.6 is 0 Å². The summed E-state index contributed by atoms with van der Waals surface area (Å²) in [5.41, 5.74) is 7.24. The van der Waals surface area contributed by atoms with Gasteiger partial charge in [-0.1, -0.05) is 123 Å². The zero-order valence-corrected chi connectivity index (χ0v) is 31.5. The van der Waals surface area contributed by atoms with Gasteiger partial charge in [-0.15, -0.1) is 0 Å².